The highest BCUT2D eigenvalue weighted by atomic mass is 35.5. The van der Waals surface area contributed by atoms with Crippen LogP contribution in [0.25, 0.3) is 6.08 Å². The number of nitrogens with zero attached hydrogens (tertiary/aromatic N) is 2. The fourth-order valence-corrected chi connectivity index (χ4v) is 6.30. The molecule has 0 bridgehead atoms. The van der Waals surface area contributed by atoms with Crippen LogP contribution in [-0.2, 0) is 16.1 Å². The molecule has 0 fully saturated rings. The fraction of sp³-hybridized carbons (Fsp3) is 0.212. The number of ether oxygens (including phenoxy) is 4. The van der Waals surface area contributed by atoms with Gasteiger partial charge in [0.25, 0.3) is 5.56 Å². The molecule has 5 rings (SSSR count). The summed E-state index contributed by atoms with van der Waals surface area (Å²) in [6.07, 6.45) is 1.67. The number of carboxylic acids is 1. The van der Waals surface area contributed by atoms with Crippen LogP contribution in [0.15, 0.2) is 81.7 Å². The third-order valence-electron chi connectivity index (χ3n) is 7.03. The lowest BCUT2D eigenvalue weighted by Gasteiger charge is -2.25. The van der Waals surface area contributed by atoms with Crippen molar-refractivity contribution in [1.82, 2.24) is 4.57 Å². The minimum atomic E-state index is -1.04. The molecule has 10 nitrogen and oxygen atoms in total. The van der Waals surface area contributed by atoms with Gasteiger partial charge in [-0.15, -0.1) is 0 Å². The van der Waals surface area contributed by atoms with E-state index in [1.807, 2.05) is 6.07 Å². The van der Waals surface area contributed by atoms with Crippen LogP contribution in [-0.4, -0.2) is 42.4 Å². The molecule has 0 spiro atoms. The molecular weight excluding hydrogens is 620 g/mol. The van der Waals surface area contributed by atoms with E-state index >= 15 is 0 Å². The lowest BCUT2D eigenvalue weighted by Crippen LogP contribution is -2.39. The molecule has 1 N–H and O–H groups in total. The lowest BCUT2D eigenvalue weighted by molar-refractivity contribution is -0.139. The minimum Gasteiger partial charge on any atom is -0.497 e. The average Bonchev–Trinajstić information content (AvgIpc) is 3.33. The standard InChI is InChI=1S/C33H29ClN2O8S/c1-5-43-32(40)27-18(2)35-33-36(28(27)21-9-7-11-23(16-21)41-3)30(37)26(45-33)15-20-13-24(34)29(25(14-20)42-4)44-17-19-8-6-10-22(12-19)31(38)39/h6-16,28H,5,17H2,1-4H3,(H,38,39)/b26-15+/t28-/m0/s1. The summed E-state index contributed by atoms with van der Waals surface area (Å²) in [5.41, 5.74) is 2.39. The summed E-state index contributed by atoms with van der Waals surface area (Å²) in [5, 5.41) is 9.50. The van der Waals surface area contributed by atoms with Crippen LogP contribution in [0.4, 0.5) is 0 Å². The Bertz CT molecular complexity index is 2010. The van der Waals surface area contributed by atoms with E-state index in [9.17, 15) is 19.5 Å². The second kappa shape index (κ2) is 13.4. The highest BCUT2D eigenvalue weighted by molar-refractivity contribution is 7.07. The van der Waals surface area contributed by atoms with Crippen molar-refractivity contribution in [2.75, 3.05) is 20.8 Å². The van der Waals surface area contributed by atoms with Crippen LogP contribution in [0.2, 0.25) is 5.02 Å². The number of allylic oxidation sites excluding steroid dienone is 1. The number of methoxy groups -OCH3 is 2. The first-order valence-corrected chi connectivity index (χ1v) is 15.0. The van der Waals surface area contributed by atoms with Gasteiger partial charge in [0.1, 0.15) is 12.4 Å². The largest absolute Gasteiger partial charge is 0.497 e. The number of halogens is 1. The van der Waals surface area contributed by atoms with Gasteiger partial charge in [-0.1, -0.05) is 47.2 Å². The summed E-state index contributed by atoms with van der Waals surface area (Å²) >= 11 is 7.79. The maximum absolute atomic E-state index is 14.0. The zero-order chi connectivity index (χ0) is 32.2. The zero-order valence-corrected chi connectivity index (χ0v) is 26.4. The number of aromatic carboxylic acids is 1. The van der Waals surface area contributed by atoms with Gasteiger partial charge in [-0.3, -0.25) is 9.36 Å². The van der Waals surface area contributed by atoms with Crippen LogP contribution < -0.4 is 29.1 Å². The monoisotopic (exact) mass is 648 g/mol. The van der Waals surface area contributed by atoms with Gasteiger partial charge in [0, 0.05) is 0 Å². The number of carbonyl (C=O) groups excluding carboxylic acids is 1. The first-order valence-electron chi connectivity index (χ1n) is 13.8. The summed E-state index contributed by atoms with van der Waals surface area (Å²) in [7, 11) is 3.01. The molecular formula is C33H29ClN2O8S. The molecule has 1 aliphatic rings. The predicted molar refractivity (Wildman–Crippen MR) is 169 cm³/mol. The van der Waals surface area contributed by atoms with Crippen LogP contribution in [0, 0.1) is 0 Å². The lowest BCUT2D eigenvalue weighted by atomic mass is 9.95. The molecule has 4 aromatic rings. The average molecular weight is 649 g/mol. The van der Waals surface area contributed by atoms with Crippen molar-refractivity contribution in [2.45, 2.75) is 26.5 Å². The number of rotatable bonds is 10. The molecule has 0 aliphatic carbocycles. The highest BCUT2D eigenvalue weighted by Gasteiger charge is 2.33. The Morgan fingerprint density at radius 2 is 1.87 bits per heavy atom. The van der Waals surface area contributed by atoms with Gasteiger partial charge in [0.2, 0.25) is 0 Å². The topological polar surface area (TPSA) is 126 Å². The van der Waals surface area contributed by atoms with Crippen LogP contribution in [0.3, 0.4) is 0 Å². The number of carboxylic acid groups (broad SMARTS) is 1. The summed E-state index contributed by atoms with van der Waals surface area (Å²) in [6, 6.07) is 16.1. The Labute approximate surface area is 267 Å². The predicted octanol–water partition coefficient (Wildman–Crippen LogP) is 4.75. The van der Waals surface area contributed by atoms with Gasteiger partial charge in [0.15, 0.2) is 16.3 Å². The Morgan fingerprint density at radius 3 is 2.58 bits per heavy atom. The number of thiazole rings is 1. The molecule has 45 heavy (non-hydrogen) atoms. The van der Waals surface area contributed by atoms with Crippen molar-refractivity contribution in [1.29, 1.82) is 0 Å². The number of hydrogen-bond acceptors (Lipinski definition) is 9. The molecule has 0 radical (unpaired) electrons. The minimum absolute atomic E-state index is 0.0571. The number of benzene rings is 3. The van der Waals surface area contributed by atoms with Crippen LogP contribution in [0.5, 0.6) is 17.2 Å². The first-order chi connectivity index (χ1) is 21.6. The fourth-order valence-electron chi connectivity index (χ4n) is 4.98. The Hall–Kier alpha value is -4.87. The van der Waals surface area contributed by atoms with Crippen LogP contribution in [0.1, 0.15) is 46.9 Å². The third-order valence-corrected chi connectivity index (χ3v) is 8.30. The van der Waals surface area contributed by atoms with Gasteiger partial charge in [-0.2, -0.15) is 0 Å². The molecule has 0 saturated carbocycles. The number of fused-ring (bicyclic) bond motifs is 1. The SMILES string of the molecule is CCOC(=O)C1=C(C)N=c2s/c(=C/c3cc(Cl)c(OCc4cccc(C(=O)O)c4)c(OC)c3)c(=O)n2[C@H]1c1cccc(OC)c1. The van der Waals surface area contributed by atoms with Crippen molar-refractivity contribution in [3.8, 4) is 17.2 Å². The van der Waals surface area contributed by atoms with E-state index in [0.29, 0.717) is 43.2 Å². The quantitative estimate of drug-likeness (QED) is 0.244. The molecule has 0 saturated heterocycles. The maximum Gasteiger partial charge on any atom is 0.338 e. The molecule has 0 unspecified atom stereocenters. The molecule has 1 aromatic heterocycles. The molecule has 1 aliphatic heterocycles. The Balaban J connectivity index is 1.56. The van der Waals surface area contributed by atoms with E-state index in [1.165, 1.54) is 35.1 Å². The Kier molecular flexibility index (Phi) is 9.40. The van der Waals surface area contributed by atoms with E-state index < -0.39 is 18.0 Å². The van der Waals surface area contributed by atoms with Crippen molar-refractivity contribution >= 4 is 41.0 Å². The van der Waals surface area contributed by atoms with Gasteiger partial charge in [-0.25, -0.2) is 14.6 Å². The second-order valence-corrected chi connectivity index (χ2v) is 11.3. The van der Waals surface area contributed by atoms with Crippen molar-refractivity contribution < 1.29 is 33.6 Å². The Morgan fingerprint density at radius 1 is 1.09 bits per heavy atom. The van der Waals surface area contributed by atoms with Crippen molar-refractivity contribution in [3.05, 3.63) is 119 Å². The summed E-state index contributed by atoms with van der Waals surface area (Å²) in [4.78, 5) is 43.5. The van der Waals surface area contributed by atoms with Gasteiger partial charge < -0.3 is 24.1 Å². The number of aromatic nitrogens is 1. The molecule has 0 amide bonds. The summed E-state index contributed by atoms with van der Waals surface area (Å²) in [5.74, 6) is -0.421. The van der Waals surface area contributed by atoms with Crippen molar-refractivity contribution in [2.24, 2.45) is 4.99 Å². The van der Waals surface area contributed by atoms with E-state index in [4.69, 9.17) is 30.5 Å². The highest BCUT2D eigenvalue weighted by Crippen LogP contribution is 2.37. The normalized spacial score (nSPS) is 14.4. The zero-order valence-electron chi connectivity index (χ0n) is 24.8. The molecule has 2 heterocycles. The number of hydrogen-bond donors (Lipinski definition) is 1. The summed E-state index contributed by atoms with van der Waals surface area (Å²) < 4.78 is 24.1. The van der Waals surface area contributed by atoms with Crippen molar-refractivity contribution in [3.63, 3.8) is 0 Å². The van der Waals surface area contributed by atoms with E-state index in [2.05, 4.69) is 4.99 Å². The molecule has 232 valence electrons. The smallest absolute Gasteiger partial charge is 0.338 e. The van der Waals surface area contributed by atoms with Crippen LogP contribution >= 0.6 is 22.9 Å². The molecule has 12 heteroatoms. The maximum atomic E-state index is 14.0. The van der Waals surface area contributed by atoms with E-state index in [1.54, 1.807) is 69.5 Å². The summed E-state index contributed by atoms with van der Waals surface area (Å²) in [6.45, 7) is 3.66. The van der Waals surface area contributed by atoms with E-state index in [-0.39, 0.29) is 40.7 Å². The first kappa shape index (κ1) is 31.6. The molecule has 3 aromatic carbocycles. The van der Waals surface area contributed by atoms with Gasteiger partial charge in [0.05, 0.1) is 53.3 Å². The molecule has 1 atom stereocenters. The number of carbonyl (C=O) groups is 2. The second-order valence-electron chi connectivity index (χ2n) is 9.91. The third kappa shape index (κ3) is 6.50. The number of esters is 1. The van der Waals surface area contributed by atoms with Gasteiger partial charge in [-0.05, 0) is 73.0 Å². The van der Waals surface area contributed by atoms with E-state index in [0.717, 1.165) is 0 Å². The van der Waals surface area contributed by atoms with Gasteiger partial charge >= 0.3 is 11.9 Å².